The van der Waals surface area contributed by atoms with Crippen molar-refractivity contribution in [1.82, 2.24) is 4.98 Å². The molecule has 0 saturated carbocycles. The molecular weight excluding hydrogens is 354 g/mol. The van der Waals surface area contributed by atoms with Gasteiger partial charge in [-0.3, -0.25) is 4.79 Å². The van der Waals surface area contributed by atoms with E-state index in [-0.39, 0.29) is 5.91 Å². The molecule has 0 aliphatic carbocycles. The lowest BCUT2D eigenvalue weighted by Crippen LogP contribution is -2.36. The first kappa shape index (κ1) is 17.1. The minimum absolute atomic E-state index is 0.322. The SMILES string of the molecule is NN(C(=O)C=Cc1ccccc1)c1nc(-c2cccc3ccccc23)cs1. The van der Waals surface area contributed by atoms with Crippen molar-refractivity contribution in [2.45, 2.75) is 0 Å². The summed E-state index contributed by atoms with van der Waals surface area (Å²) in [5.74, 6) is 5.67. The zero-order valence-electron chi connectivity index (χ0n) is 14.4. The molecular formula is C22H17N3OS. The lowest BCUT2D eigenvalue weighted by molar-refractivity contribution is -0.114. The Kier molecular flexibility index (Phi) is 4.78. The van der Waals surface area contributed by atoms with Crippen molar-refractivity contribution in [1.29, 1.82) is 0 Å². The van der Waals surface area contributed by atoms with E-state index in [0.717, 1.165) is 32.6 Å². The number of amides is 1. The fraction of sp³-hybridized carbons (Fsp3) is 0. The number of hydrogen-bond donors (Lipinski definition) is 1. The molecule has 0 unspecified atom stereocenters. The van der Waals surface area contributed by atoms with Crippen LogP contribution in [0.25, 0.3) is 28.1 Å². The number of nitrogens with two attached hydrogens (primary N) is 1. The number of fused-ring (bicyclic) bond motifs is 1. The second-order valence-electron chi connectivity index (χ2n) is 5.99. The fourth-order valence-corrected chi connectivity index (χ4v) is 3.60. The summed E-state index contributed by atoms with van der Waals surface area (Å²) in [4.78, 5) is 16.9. The maximum absolute atomic E-state index is 12.4. The Morgan fingerprint density at radius 3 is 2.56 bits per heavy atom. The summed E-state index contributed by atoms with van der Waals surface area (Å²) in [7, 11) is 0. The molecule has 4 aromatic rings. The Morgan fingerprint density at radius 1 is 0.963 bits per heavy atom. The Bertz CT molecular complexity index is 1110. The number of carbonyl (C=O) groups excluding carboxylic acids is 1. The first-order valence-corrected chi connectivity index (χ1v) is 9.36. The maximum atomic E-state index is 12.4. The van der Waals surface area contributed by atoms with Crippen LogP contribution in [0, 0.1) is 0 Å². The van der Waals surface area contributed by atoms with Crippen LogP contribution < -0.4 is 10.9 Å². The van der Waals surface area contributed by atoms with Crippen LogP contribution in [0.1, 0.15) is 5.56 Å². The normalized spacial score (nSPS) is 11.1. The number of carbonyl (C=O) groups is 1. The van der Waals surface area contributed by atoms with Gasteiger partial charge in [-0.05, 0) is 22.4 Å². The second-order valence-corrected chi connectivity index (χ2v) is 6.83. The molecule has 0 saturated heterocycles. The molecule has 0 bridgehead atoms. The standard InChI is InChI=1S/C22H17N3OS/c23-25(21(26)14-13-16-7-2-1-3-8-16)22-24-20(15-27-22)19-12-6-10-17-9-4-5-11-18(17)19/h1-15H,23H2. The van der Waals surface area contributed by atoms with Crippen molar-refractivity contribution in [2.75, 3.05) is 5.01 Å². The molecule has 1 heterocycles. The average Bonchev–Trinajstić information content (AvgIpc) is 3.21. The molecule has 132 valence electrons. The zero-order valence-corrected chi connectivity index (χ0v) is 15.3. The molecule has 0 fully saturated rings. The van der Waals surface area contributed by atoms with Gasteiger partial charge in [-0.15, -0.1) is 11.3 Å². The van der Waals surface area contributed by atoms with E-state index in [0.29, 0.717) is 5.13 Å². The smallest absolute Gasteiger partial charge is 0.267 e. The highest BCUT2D eigenvalue weighted by Crippen LogP contribution is 2.31. The number of rotatable bonds is 4. The van der Waals surface area contributed by atoms with E-state index in [4.69, 9.17) is 5.84 Å². The molecule has 0 atom stereocenters. The van der Waals surface area contributed by atoms with Crippen LogP contribution in [-0.2, 0) is 4.79 Å². The summed E-state index contributed by atoms with van der Waals surface area (Å²) in [5.41, 5.74) is 2.77. The summed E-state index contributed by atoms with van der Waals surface area (Å²) in [5, 5.41) is 5.73. The second kappa shape index (κ2) is 7.53. The van der Waals surface area contributed by atoms with E-state index in [1.165, 1.54) is 17.4 Å². The van der Waals surface area contributed by atoms with E-state index in [9.17, 15) is 4.79 Å². The first-order valence-electron chi connectivity index (χ1n) is 8.48. The van der Waals surface area contributed by atoms with E-state index in [1.54, 1.807) is 6.08 Å². The van der Waals surface area contributed by atoms with Crippen molar-refractivity contribution in [3.63, 3.8) is 0 Å². The van der Waals surface area contributed by atoms with Crippen LogP contribution >= 0.6 is 11.3 Å². The van der Waals surface area contributed by atoms with Gasteiger partial charge in [0.25, 0.3) is 5.91 Å². The van der Waals surface area contributed by atoms with E-state index >= 15 is 0 Å². The molecule has 3 aromatic carbocycles. The number of thiazole rings is 1. The van der Waals surface area contributed by atoms with E-state index < -0.39 is 0 Å². The van der Waals surface area contributed by atoms with Crippen molar-refractivity contribution < 1.29 is 4.79 Å². The van der Waals surface area contributed by atoms with Crippen LogP contribution in [0.4, 0.5) is 5.13 Å². The number of aromatic nitrogens is 1. The average molecular weight is 371 g/mol. The minimum Gasteiger partial charge on any atom is -0.268 e. The largest absolute Gasteiger partial charge is 0.268 e. The third-order valence-electron chi connectivity index (χ3n) is 4.22. The van der Waals surface area contributed by atoms with Crippen molar-refractivity contribution >= 4 is 39.2 Å². The van der Waals surface area contributed by atoms with Crippen molar-refractivity contribution in [3.8, 4) is 11.3 Å². The summed E-state index contributed by atoms with van der Waals surface area (Å²) in [6.07, 6.45) is 3.19. The summed E-state index contributed by atoms with van der Waals surface area (Å²) < 4.78 is 0. The van der Waals surface area contributed by atoms with Crippen molar-refractivity contribution in [3.05, 3.63) is 89.8 Å². The molecule has 27 heavy (non-hydrogen) atoms. The Morgan fingerprint density at radius 2 is 1.70 bits per heavy atom. The molecule has 2 N–H and O–H groups in total. The Hall–Kier alpha value is -3.28. The van der Waals surface area contributed by atoms with Gasteiger partial charge < -0.3 is 0 Å². The molecule has 0 aliphatic heterocycles. The van der Waals surface area contributed by atoms with Crippen molar-refractivity contribution in [2.24, 2.45) is 5.84 Å². The first-order chi connectivity index (χ1) is 13.2. The van der Waals surface area contributed by atoms with Gasteiger partial charge in [0.2, 0.25) is 5.13 Å². The third-order valence-corrected chi connectivity index (χ3v) is 5.06. The number of nitrogens with zero attached hydrogens (tertiary/aromatic N) is 2. The van der Waals surface area contributed by atoms with Crippen LogP contribution in [-0.4, -0.2) is 10.9 Å². The molecule has 5 heteroatoms. The van der Waals surface area contributed by atoms with Crippen LogP contribution in [0.2, 0.25) is 0 Å². The van der Waals surface area contributed by atoms with Gasteiger partial charge in [0.15, 0.2) is 0 Å². The number of benzene rings is 3. The van der Waals surface area contributed by atoms with E-state index in [2.05, 4.69) is 23.2 Å². The van der Waals surface area contributed by atoms with Gasteiger partial charge in [-0.25, -0.2) is 15.8 Å². The minimum atomic E-state index is -0.322. The molecule has 1 amide bonds. The fourth-order valence-electron chi connectivity index (χ4n) is 2.85. The number of hydrazine groups is 1. The highest BCUT2D eigenvalue weighted by Gasteiger charge is 2.15. The predicted octanol–water partition coefficient (Wildman–Crippen LogP) is 4.88. The van der Waals surface area contributed by atoms with Gasteiger partial charge in [-0.2, -0.15) is 0 Å². The lowest BCUT2D eigenvalue weighted by Gasteiger charge is -2.10. The van der Waals surface area contributed by atoms with E-state index in [1.807, 2.05) is 60.0 Å². The number of anilines is 1. The highest BCUT2D eigenvalue weighted by molar-refractivity contribution is 7.14. The summed E-state index contributed by atoms with van der Waals surface area (Å²) >= 11 is 1.35. The monoisotopic (exact) mass is 371 g/mol. The zero-order chi connectivity index (χ0) is 18.6. The maximum Gasteiger partial charge on any atom is 0.267 e. The third kappa shape index (κ3) is 3.65. The van der Waals surface area contributed by atoms with Gasteiger partial charge in [0, 0.05) is 17.0 Å². The van der Waals surface area contributed by atoms with Crippen LogP contribution in [0.5, 0.6) is 0 Å². The Balaban J connectivity index is 1.58. The van der Waals surface area contributed by atoms with Gasteiger partial charge in [0.1, 0.15) is 0 Å². The molecule has 4 rings (SSSR count). The Labute approximate surface area is 161 Å². The quantitative estimate of drug-likeness (QED) is 0.241. The topological polar surface area (TPSA) is 59.2 Å². The lowest BCUT2D eigenvalue weighted by atomic mass is 10.0. The highest BCUT2D eigenvalue weighted by atomic mass is 32.1. The molecule has 0 spiro atoms. The summed E-state index contributed by atoms with van der Waals surface area (Å²) in [6, 6.07) is 23.9. The molecule has 4 nitrogen and oxygen atoms in total. The van der Waals surface area contributed by atoms with Crippen LogP contribution in [0.15, 0.2) is 84.3 Å². The summed E-state index contributed by atoms with van der Waals surface area (Å²) in [6.45, 7) is 0. The molecule has 1 aromatic heterocycles. The van der Waals surface area contributed by atoms with Gasteiger partial charge in [0.05, 0.1) is 5.69 Å². The van der Waals surface area contributed by atoms with Gasteiger partial charge in [-0.1, -0.05) is 72.8 Å². The number of hydrogen-bond acceptors (Lipinski definition) is 4. The van der Waals surface area contributed by atoms with Crippen LogP contribution in [0.3, 0.4) is 0 Å². The predicted molar refractivity (Wildman–Crippen MR) is 112 cm³/mol. The molecule has 0 aliphatic rings. The van der Waals surface area contributed by atoms with Gasteiger partial charge >= 0.3 is 0 Å². The molecule has 0 radical (unpaired) electrons.